The molecule has 2 atom stereocenters. The minimum absolute atomic E-state index is 0. The number of hydrogen-bond acceptors (Lipinski definition) is 12. The smallest absolute Gasteiger partial charge is 0.419 e. The molecule has 5 N–H and O–H groups in total. The monoisotopic (exact) mass is 1060 g/mol. The molecular weight excluding hydrogens is 1010 g/mol. The van der Waals surface area contributed by atoms with Crippen molar-refractivity contribution in [3.8, 4) is 0 Å². The Hall–Kier alpha value is -5.84. The van der Waals surface area contributed by atoms with Crippen LogP contribution in [0, 0.1) is 23.3 Å². The number of nitrogens with one attached hydrogen (secondary N) is 3. The highest BCUT2D eigenvalue weighted by Crippen LogP contribution is 2.37. The number of rotatable bonds is 11. The third-order valence-electron chi connectivity index (χ3n) is 12.0. The zero-order valence-corrected chi connectivity index (χ0v) is 41.1. The van der Waals surface area contributed by atoms with Crippen LogP contribution < -0.4 is 21.7 Å². The molecule has 0 saturated carbocycles. The number of anilines is 2. The van der Waals surface area contributed by atoms with Gasteiger partial charge in [-0.3, -0.25) is 19.4 Å². The van der Waals surface area contributed by atoms with Crippen LogP contribution in [0.4, 0.5) is 38.5 Å². The molecule has 0 bridgehead atoms. The lowest BCUT2D eigenvalue weighted by Gasteiger charge is -2.26. The summed E-state index contributed by atoms with van der Waals surface area (Å²) in [4.78, 5) is 57.0. The van der Waals surface area contributed by atoms with Crippen molar-refractivity contribution in [2.75, 3.05) is 89.5 Å². The molecule has 2 fully saturated rings. The number of nitrogens with two attached hydrogens (primary N) is 1. The molecule has 23 heteroatoms. The predicted molar refractivity (Wildman–Crippen MR) is 263 cm³/mol. The Morgan fingerprint density at radius 3 is 1.68 bits per heavy atom. The van der Waals surface area contributed by atoms with E-state index in [1.807, 2.05) is 0 Å². The predicted octanol–water partition coefficient (Wildman–Crippen LogP) is 8.35. The quantitative estimate of drug-likeness (QED) is 0.0927. The largest absolute Gasteiger partial charge is 0.448 e. The van der Waals surface area contributed by atoms with Crippen LogP contribution in [0.2, 0.25) is 10.0 Å². The highest BCUT2D eigenvalue weighted by atomic mass is 35.5. The molecule has 2 aliphatic heterocycles. The summed E-state index contributed by atoms with van der Waals surface area (Å²) < 4.78 is 77.2. The molecule has 1 aromatic heterocycles. The van der Waals surface area contributed by atoms with Gasteiger partial charge in [-0.15, -0.1) is 12.4 Å². The highest BCUT2D eigenvalue weighted by Gasteiger charge is 2.32. The SMILES string of the molecule is Cl.N[C@H]1CCc2c(C(=O)Nc3ccc(F)c(Cl)c3)ccc(F)c21.O=C(N[C@H]1CCc2c(C(=O)Nc3ccc(F)c(Cl)c3)ccc(F)c21)OCCN1CCOCC1.O=C(OCCN1CCOCC1)n1ccnc1. The topological polar surface area (TPSA) is 192 Å². The van der Waals surface area contributed by atoms with Gasteiger partial charge >= 0.3 is 12.2 Å². The van der Waals surface area contributed by atoms with Gasteiger partial charge in [-0.25, -0.2) is 36.7 Å². The highest BCUT2D eigenvalue weighted by molar-refractivity contribution is 6.31. The van der Waals surface area contributed by atoms with Crippen LogP contribution in [0.1, 0.15) is 67.9 Å². The number of hydrogen-bond donors (Lipinski definition) is 4. The van der Waals surface area contributed by atoms with E-state index in [0.717, 1.165) is 52.0 Å². The zero-order chi connectivity index (χ0) is 50.4. The fourth-order valence-electron chi connectivity index (χ4n) is 8.38. The lowest BCUT2D eigenvalue weighted by molar-refractivity contribution is 0.0278. The number of ether oxygens (including phenoxy) is 4. The van der Waals surface area contributed by atoms with Gasteiger partial charge in [0.25, 0.3) is 11.8 Å². The molecule has 0 spiro atoms. The van der Waals surface area contributed by atoms with Crippen molar-refractivity contribution in [2.24, 2.45) is 5.73 Å². The molecule has 9 rings (SSSR count). The maximum absolute atomic E-state index is 14.7. The van der Waals surface area contributed by atoms with Gasteiger partial charge in [0.1, 0.15) is 42.8 Å². The number of halogens is 7. The van der Waals surface area contributed by atoms with Crippen molar-refractivity contribution >= 4 is 71.0 Å². The maximum Gasteiger partial charge on any atom is 0.419 e. The summed E-state index contributed by atoms with van der Waals surface area (Å²) in [6.45, 7) is 8.21. The molecule has 2 saturated heterocycles. The first-order valence-corrected chi connectivity index (χ1v) is 23.6. The number of imidazole rings is 1. The van der Waals surface area contributed by atoms with Crippen LogP contribution in [-0.2, 0) is 31.8 Å². The first-order chi connectivity index (χ1) is 34.2. The lowest BCUT2D eigenvalue weighted by atomic mass is 10.0. The standard InChI is InChI=1S/C23H24ClF2N3O4.C16H13ClF2N2O.C10H15N3O3.ClH/c24-17-13-14(1-4-18(17)25)27-22(30)16-2-5-19(26)21-15(16)3-6-20(21)28-23(31)33-12-9-29-7-10-32-11-8-29;17-11-7-8(1-4-12(11)18)21-16(22)10-2-5-13(19)15-9(10)3-6-14(15)20;14-10(13-2-1-11-9-13)16-8-5-12-3-6-15-7-4-12;/h1-2,4-5,13,20H,3,6-12H2,(H,27,30)(H,28,31);1-2,4-5,7,14H,3,6,20H2,(H,21,22);1-2,9H,3-8H2;1H/t20-;14-;;/m00../s1. The number of fused-ring (bicyclic) bond motifs is 2. The van der Waals surface area contributed by atoms with Crippen LogP contribution >= 0.6 is 35.6 Å². The minimum atomic E-state index is -0.628. The average Bonchev–Trinajstić information content (AvgIpc) is 4.15. The second-order valence-electron chi connectivity index (χ2n) is 16.6. The van der Waals surface area contributed by atoms with E-state index in [4.69, 9.17) is 47.9 Å². The van der Waals surface area contributed by atoms with E-state index >= 15 is 0 Å². The summed E-state index contributed by atoms with van der Waals surface area (Å²) in [5.41, 5.74) is 9.09. The Balaban J connectivity index is 0.000000188. The van der Waals surface area contributed by atoms with Gasteiger partial charge in [-0.1, -0.05) is 23.2 Å². The normalized spacial score (nSPS) is 17.1. The maximum atomic E-state index is 14.7. The second-order valence-corrected chi connectivity index (χ2v) is 17.5. The summed E-state index contributed by atoms with van der Waals surface area (Å²) in [6.07, 6.45) is 5.55. The Morgan fingerprint density at radius 2 is 1.17 bits per heavy atom. The number of benzene rings is 4. The van der Waals surface area contributed by atoms with Gasteiger partial charge in [0.2, 0.25) is 0 Å². The van der Waals surface area contributed by atoms with Crippen LogP contribution in [0.25, 0.3) is 0 Å². The van der Waals surface area contributed by atoms with Crippen molar-refractivity contribution < 1.29 is 55.7 Å². The number of carbonyl (C=O) groups is 4. The molecule has 0 radical (unpaired) electrons. The Morgan fingerprint density at radius 1 is 0.681 bits per heavy atom. The van der Waals surface area contributed by atoms with Crippen LogP contribution in [0.15, 0.2) is 79.4 Å². The van der Waals surface area contributed by atoms with Gasteiger partial charge in [-0.05, 0) is 97.5 Å². The van der Waals surface area contributed by atoms with Gasteiger partial charge in [-0.2, -0.15) is 0 Å². The van der Waals surface area contributed by atoms with E-state index < -0.39 is 41.4 Å². The second kappa shape index (κ2) is 26.7. The third kappa shape index (κ3) is 14.9. The summed E-state index contributed by atoms with van der Waals surface area (Å²) in [7, 11) is 0. The zero-order valence-electron chi connectivity index (χ0n) is 38.8. The molecule has 72 heavy (non-hydrogen) atoms. The molecule has 3 heterocycles. The Kier molecular flexibility index (Phi) is 20.6. The minimum Gasteiger partial charge on any atom is -0.448 e. The van der Waals surface area contributed by atoms with Crippen molar-refractivity contribution in [1.82, 2.24) is 24.7 Å². The molecule has 4 aromatic carbocycles. The molecule has 4 aliphatic rings. The molecular formula is C49H53Cl3F4N8O8. The summed E-state index contributed by atoms with van der Waals surface area (Å²) in [5.74, 6) is -2.91. The van der Waals surface area contributed by atoms with Crippen molar-refractivity contribution in [3.05, 3.63) is 146 Å². The van der Waals surface area contributed by atoms with E-state index in [9.17, 15) is 36.7 Å². The number of alkyl carbamates (subject to hydrolysis) is 1. The first kappa shape index (κ1) is 55.5. The van der Waals surface area contributed by atoms with Gasteiger partial charge in [0.05, 0.1) is 42.5 Å². The third-order valence-corrected chi connectivity index (χ3v) is 12.6. The van der Waals surface area contributed by atoms with E-state index in [0.29, 0.717) is 85.7 Å². The molecule has 3 amide bonds. The number of carbonyl (C=O) groups excluding carboxylic acids is 4. The van der Waals surface area contributed by atoms with Crippen molar-refractivity contribution in [2.45, 2.75) is 37.8 Å². The van der Waals surface area contributed by atoms with Gasteiger partial charge in [0, 0.05) is 91.3 Å². The molecule has 0 unspecified atom stereocenters. The van der Waals surface area contributed by atoms with E-state index in [1.165, 1.54) is 65.5 Å². The molecule has 386 valence electrons. The van der Waals surface area contributed by atoms with E-state index in [2.05, 4.69) is 30.7 Å². The fraction of sp³-hybridized carbons (Fsp3) is 0.367. The number of morpholine rings is 2. The van der Waals surface area contributed by atoms with Crippen molar-refractivity contribution in [3.63, 3.8) is 0 Å². The molecule has 5 aromatic rings. The van der Waals surface area contributed by atoms with Crippen LogP contribution in [0.5, 0.6) is 0 Å². The lowest BCUT2D eigenvalue weighted by Crippen LogP contribution is -2.39. The number of amides is 3. The van der Waals surface area contributed by atoms with Gasteiger partial charge < -0.3 is 40.6 Å². The average molecular weight is 1060 g/mol. The van der Waals surface area contributed by atoms with Crippen LogP contribution in [0.3, 0.4) is 0 Å². The Labute approximate surface area is 428 Å². The summed E-state index contributed by atoms with van der Waals surface area (Å²) in [5, 5.41) is 7.80. The number of nitrogens with zero attached hydrogens (tertiary/aromatic N) is 4. The van der Waals surface area contributed by atoms with Crippen LogP contribution in [-0.4, -0.2) is 122 Å². The van der Waals surface area contributed by atoms with E-state index in [1.54, 1.807) is 12.4 Å². The molecule has 2 aliphatic carbocycles. The molecule has 16 nitrogen and oxygen atoms in total. The van der Waals surface area contributed by atoms with Gasteiger partial charge in [0.15, 0.2) is 0 Å². The number of aromatic nitrogens is 2. The summed E-state index contributed by atoms with van der Waals surface area (Å²) in [6, 6.07) is 12.1. The fourth-order valence-corrected chi connectivity index (χ4v) is 8.75. The Bertz CT molecular complexity index is 2680. The first-order valence-electron chi connectivity index (χ1n) is 22.8. The van der Waals surface area contributed by atoms with Crippen molar-refractivity contribution in [1.29, 1.82) is 0 Å². The van der Waals surface area contributed by atoms with E-state index in [-0.39, 0.29) is 58.1 Å². The summed E-state index contributed by atoms with van der Waals surface area (Å²) >= 11 is 11.5.